The lowest BCUT2D eigenvalue weighted by molar-refractivity contribution is 0.0946. The molecule has 0 saturated carbocycles. The third-order valence-electron chi connectivity index (χ3n) is 4.25. The Morgan fingerprint density at radius 3 is 2.42 bits per heavy atom. The van der Waals surface area contributed by atoms with Crippen molar-refractivity contribution in [3.8, 4) is 0 Å². The Morgan fingerprint density at radius 1 is 1.04 bits per heavy atom. The van der Waals surface area contributed by atoms with Gasteiger partial charge in [0.05, 0.1) is 0 Å². The molecule has 0 aliphatic rings. The quantitative estimate of drug-likeness (QED) is 0.777. The van der Waals surface area contributed by atoms with E-state index >= 15 is 0 Å². The van der Waals surface area contributed by atoms with Crippen molar-refractivity contribution in [2.75, 3.05) is 0 Å². The molecule has 0 radical (unpaired) electrons. The van der Waals surface area contributed by atoms with Crippen LogP contribution in [0.15, 0.2) is 47.3 Å². The number of carbonyl (C=O) groups is 1. The summed E-state index contributed by atoms with van der Waals surface area (Å²) in [7, 11) is 0. The number of hydrogen-bond donors (Lipinski definition) is 2. The third-order valence-corrected chi connectivity index (χ3v) is 4.25. The number of aromatic nitrogens is 1. The first-order chi connectivity index (χ1) is 11.5. The molecule has 0 unspecified atom stereocenters. The fourth-order valence-corrected chi connectivity index (χ4v) is 3.07. The Kier molecular flexibility index (Phi) is 4.21. The Bertz CT molecular complexity index is 963. The molecular weight excluding hydrogens is 300 g/mol. The third kappa shape index (κ3) is 3.08. The number of H-pyrrole nitrogens is 1. The van der Waals surface area contributed by atoms with Crippen molar-refractivity contribution in [2.45, 2.75) is 27.3 Å². The van der Waals surface area contributed by atoms with Crippen LogP contribution < -0.4 is 10.7 Å². The predicted molar refractivity (Wildman–Crippen MR) is 96.4 cm³/mol. The van der Waals surface area contributed by atoms with E-state index in [0.717, 1.165) is 16.7 Å². The summed E-state index contributed by atoms with van der Waals surface area (Å²) in [6, 6.07) is 12.7. The number of aromatic amines is 1. The van der Waals surface area contributed by atoms with E-state index in [9.17, 15) is 9.59 Å². The van der Waals surface area contributed by atoms with Crippen molar-refractivity contribution in [3.63, 3.8) is 0 Å². The summed E-state index contributed by atoms with van der Waals surface area (Å²) < 4.78 is 0. The van der Waals surface area contributed by atoms with Crippen LogP contribution in [0.5, 0.6) is 0 Å². The van der Waals surface area contributed by atoms with E-state index in [1.165, 1.54) is 11.6 Å². The van der Waals surface area contributed by atoms with Crippen LogP contribution in [0.4, 0.5) is 0 Å². The molecule has 4 nitrogen and oxygen atoms in total. The van der Waals surface area contributed by atoms with Gasteiger partial charge in [-0.1, -0.05) is 29.8 Å². The van der Waals surface area contributed by atoms with Gasteiger partial charge in [-0.05, 0) is 49.6 Å². The van der Waals surface area contributed by atoms with Crippen molar-refractivity contribution in [1.82, 2.24) is 10.3 Å². The number of hydrogen-bond acceptors (Lipinski definition) is 2. The first-order valence-corrected chi connectivity index (χ1v) is 7.92. The van der Waals surface area contributed by atoms with E-state index in [-0.39, 0.29) is 17.0 Å². The molecule has 0 fully saturated rings. The van der Waals surface area contributed by atoms with E-state index in [2.05, 4.69) is 29.4 Å². The molecule has 24 heavy (non-hydrogen) atoms. The minimum absolute atomic E-state index is 0.155. The highest BCUT2D eigenvalue weighted by Crippen LogP contribution is 2.16. The summed E-state index contributed by atoms with van der Waals surface area (Å²) in [5.41, 5.74) is 5.41. The number of pyridine rings is 1. The standard InChI is InChI=1S/C20H20N2O2/c1-12-8-13(2)16(14(3)9-12)11-21-20(24)18-10-19(23)15-6-4-5-7-17(15)22-18/h4-10H,11H2,1-3H3,(H,21,24)(H,22,23). The summed E-state index contributed by atoms with van der Waals surface area (Å²) >= 11 is 0. The zero-order valence-corrected chi connectivity index (χ0v) is 14.1. The lowest BCUT2D eigenvalue weighted by Gasteiger charge is -2.12. The molecule has 4 heteroatoms. The summed E-state index contributed by atoms with van der Waals surface area (Å²) in [5.74, 6) is -0.280. The first kappa shape index (κ1) is 16.0. The molecule has 1 aromatic heterocycles. The van der Waals surface area contributed by atoms with Crippen LogP contribution in [0.2, 0.25) is 0 Å². The van der Waals surface area contributed by atoms with E-state index < -0.39 is 0 Å². The number of nitrogens with one attached hydrogen (secondary N) is 2. The summed E-state index contributed by atoms with van der Waals surface area (Å²) in [4.78, 5) is 27.6. The van der Waals surface area contributed by atoms with E-state index in [4.69, 9.17) is 0 Å². The molecule has 2 aromatic carbocycles. The topological polar surface area (TPSA) is 62.0 Å². The number of para-hydroxylation sites is 1. The van der Waals surface area contributed by atoms with Gasteiger partial charge >= 0.3 is 0 Å². The average molecular weight is 320 g/mol. The molecule has 0 aliphatic heterocycles. The van der Waals surface area contributed by atoms with E-state index in [1.807, 2.05) is 19.9 Å². The van der Waals surface area contributed by atoms with Gasteiger partial charge in [-0.3, -0.25) is 9.59 Å². The van der Waals surface area contributed by atoms with Crippen molar-refractivity contribution in [1.29, 1.82) is 0 Å². The van der Waals surface area contributed by atoms with Crippen LogP contribution in [-0.4, -0.2) is 10.9 Å². The fourth-order valence-electron chi connectivity index (χ4n) is 3.07. The van der Waals surface area contributed by atoms with Crippen molar-refractivity contribution in [2.24, 2.45) is 0 Å². The smallest absolute Gasteiger partial charge is 0.268 e. The summed E-state index contributed by atoms with van der Waals surface area (Å²) in [5, 5.41) is 3.48. The van der Waals surface area contributed by atoms with E-state index in [1.54, 1.807) is 18.2 Å². The van der Waals surface area contributed by atoms with Crippen molar-refractivity contribution < 1.29 is 4.79 Å². The Morgan fingerprint density at radius 2 is 1.71 bits per heavy atom. The van der Waals surface area contributed by atoms with Crippen LogP contribution in [0.25, 0.3) is 10.9 Å². The van der Waals surface area contributed by atoms with Gasteiger partial charge < -0.3 is 10.3 Å². The van der Waals surface area contributed by atoms with Gasteiger partial charge in [-0.15, -0.1) is 0 Å². The molecule has 0 bridgehead atoms. The first-order valence-electron chi connectivity index (χ1n) is 7.92. The second-order valence-electron chi connectivity index (χ2n) is 6.15. The normalized spacial score (nSPS) is 10.8. The lowest BCUT2D eigenvalue weighted by atomic mass is 10.00. The number of aryl methyl sites for hydroxylation is 3. The highest BCUT2D eigenvalue weighted by atomic mass is 16.2. The highest BCUT2D eigenvalue weighted by molar-refractivity contribution is 5.94. The predicted octanol–water partition coefficient (Wildman–Crippen LogP) is 3.38. The minimum atomic E-state index is -0.280. The van der Waals surface area contributed by atoms with Crippen molar-refractivity contribution in [3.05, 3.63) is 80.6 Å². The van der Waals surface area contributed by atoms with Crippen LogP contribution in [-0.2, 0) is 6.54 Å². The van der Waals surface area contributed by atoms with Gasteiger partial charge in [-0.25, -0.2) is 0 Å². The van der Waals surface area contributed by atoms with Crippen LogP contribution in [0.3, 0.4) is 0 Å². The molecule has 0 atom stereocenters. The second-order valence-corrected chi connectivity index (χ2v) is 6.15. The van der Waals surface area contributed by atoms with Gasteiger partial charge in [0.2, 0.25) is 0 Å². The minimum Gasteiger partial charge on any atom is -0.350 e. The maximum atomic E-state index is 12.4. The largest absolute Gasteiger partial charge is 0.350 e. The van der Waals surface area contributed by atoms with Gasteiger partial charge in [0, 0.05) is 23.5 Å². The zero-order valence-electron chi connectivity index (χ0n) is 14.1. The van der Waals surface area contributed by atoms with Crippen molar-refractivity contribution >= 4 is 16.8 Å². The van der Waals surface area contributed by atoms with Gasteiger partial charge in [0.25, 0.3) is 5.91 Å². The molecule has 0 saturated heterocycles. The fraction of sp³-hybridized carbons (Fsp3) is 0.200. The number of benzene rings is 2. The lowest BCUT2D eigenvalue weighted by Crippen LogP contribution is -2.26. The second kappa shape index (κ2) is 6.32. The molecule has 3 aromatic rings. The molecule has 122 valence electrons. The molecule has 0 aliphatic carbocycles. The molecule has 2 N–H and O–H groups in total. The zero-order chi connectivity index (χ0) is 17.3. The summed E-state index contributed by atoms with van der Waals surface area (Å²) in [6.45, 7) is 6.58. The highest BCUT2D eigenvalue weighted by Gasteiger charge is 2.11. The molecule has 1 heterocycles. The molecule has 1 amide bonds. The van der Waals surface area contributed by atoms with E-state index in [0.29, 0.717) is 17.4 Å². The maximum absolute atomic E-state index is 12.4. The number of amides is 1. The maximum Gasteiger partial charge on any atom is 0.268 e. The van der Waals surface area contributed by atoms with Crippen LogP contribution in [0.1, 0.15) is 32.7 Å². The molecular formula is C20H20N2O2. The number of carbonyl (C=O) groups excluding carboxylic acids is 1. The Labute approximate surface area is 140 Å². The van der Waals surface area contributed by atoms with Gasteiger partial charge in [-0.2, -0.15) is 0 Å². The average Bonchev–Trinajstić information content (AvgIpc) is 2.53. The molecule has 3 rings (SSSR count). The number of rotatable bonds is 3. The molecule has 0 spiro atoms. The monoisotopic (exact) mass is 320 g/mol. The SMILES string of the molecule is Cc1cc(C)c(CNC(=O)c2cc(=O)c3ccccc3[nH]2)c(C)c1. The Hall–Kier alpha value is -2.88. The van der Waals surface area contributed by atoms with Gasteiger partial charge in [0.15, 0.2) is 5.43 Å². The Balaban J connectivity index is 1.85. The summed E-state index contributed by atoms with van der Waals surface area (Å²) in [6.07, 6.45) is 0. The van der Waals surface area contributed by atoms with Crippen LogP contribution >= 0.6 is 0 Å². The number of fused-ring (bicyclic) bond motifs is 1. The van der Waals surface area contributed by atoms with Crippen LogP contribution in [0, 0.1) is 20.8 Å². The van der Waals surface area contributed by atoms with Gasteiger partial charge in [0.1, 0.15) is 5.69 Å².